The first-order chi connectivity index (χ1) is 10.1. The van der Waals surface area contributed by atoms with Crippen molar-refractivity contribution in [2.24, 2.45) is 0 Å². The number of hydrogen-bond donors (Lipinski definition) is 2. The number of carbonyl (C=O) groups is 2. The number of carboxylic acid groups (broad SMARTS) is 1. The van der Waals surface area contributed by atoms with Gasteiger partial charge in [0, 0.05) is 37.0 Å². The van der Waals surface area contributed by atoms with E-state index < -0.39 is 5.97 Å². The Bertz CT molecular complexity index is 524. The largest absolute Gasteiger partial charge is 0.481 e. The zero-order chi connectivity index (χ0) is 15.2. The van der Waals surface area contributed by atoms with Crippen molar-refractivity contribution in [2.45, 2.75) is 25.9 Å². The van der Waals surface area contributed by atoms with Gasteiger partial charge in [0.25, 0.3) is 0 Å². The average molecular weight is 309 g/mol. The summed E-state index contributed by atoms with van der Waals surface area (Å²) < 4.78 is 0. The maximum absolute atomic E-state index is 12.3. The van der Waals surface area contributed by atoms with Crippen LogP contribution in [0.25, 0.3) is 0 Å². The van der Waals surface area contributed by atoms with Crippen LogP contribution in [0.1, 0.15) is 17.5 Å². The molecule has 21 heavy (non-hydrogen) atoms. The van der Waals surface area contributed by atoms with Gasteiger partial charge in [-0.1, -0.05) is 0 Å². The molecule has 2 N–H and O–H groups in total. The highest BCUT2D eigenvalue weighted by Crippen LogP contribution is 2.19. The Morgan fingerprint density at radius 2 is 2.38 bits per heavy atom. The molecule has 2 heterocycles. The van der Waals surface area contributed by atoms with E-state index in [-0.39, 0.29) is 18.5 Å². The molecule has 2 rings (SSSR count). The molecule has 0 aliphatic carbocycles. The Labute approximate surface area is 127 Å². The van der Waals surface area contributed by atoms with Crippen molar-refractivity contribution in [1.29, 1.82) is 0 Å². The van der Waals surface area contributed by atoms with Crippen molar-refractivity contribution in [2.75, 3.05) is 18.1 Å². The fraction of sp³-hybridized carbons (Fsp3) is 0.500. The minimum Gasteiger partial charge on any atom is -0.481 e. The summed E-state index contributed by atoms with van der Waals surface area (Å²) in [7, 11) is 0. The molecule has 1 unspecified atom stereocenters. The molecule has 1 aliphatic heterocycles. The zero-order valence-corrected chi connectivity index (χ0v) is 12.7. The Balaban J connectivity index is 1.94. The first-order valence-electron chi connectivity index (χ1n) is 6.81. The molecule has 0 aromatic carbocycles. The Hall–Kier alpha value is -1.76. The van der Waals surface area contributed by atoms with E-state index in [0.29, 0.717) is 18.8 Å². The normalized spacial score (nSPS) is 18.3. The zero-order valence-electron chi connectivity index (χ0n) is 11.9. The second-order valence-corrected chi connectivity index (χ2v) is 6.13. The highest BCUT2D eigenvalue weighted by atomic mass is 32.2. The third kappa shape index (κ3) is 4.35. The second kappa shape index (κ2) is 7.31. The fourth-order valence-corrected chi connectivity index (χ4v) is 3.31. The van der Waals surface area contributed by atoms with Crippen LogP contribution in [0.15, 0.2) is 18.5 Å². The van der Waals surface area contributed by atoms with Gasteiger partial charge in [0.2, 0.25) is 0 Å². The van der Waals surface area contributed by atoms with Gasteiger partial charge in [-0.2, -0.15) is 11.8 Å². The predicted molar refractivity (Wildman–Crippen MR) is 81.3 cm³/mol. The van der Waals surface area contributed by atoms with E-state index >= 15 is 0 Å². The molecule has 1 aliphatic rings. The van der Waals surface area contributed by atoms with Gasteiger partial charge in [-0.3, -0.25) is 9.78 Å². The number of rotatable bonds is 4. The van der Waals surface area contributed by atoms with Gasteiger partial charge in [0.15, 0.2) is 0 Å². The van der Waals surface area contributed by atoms with Crippen molar-refractivity contribution < 1.29 is 14.7 Å². The van der Waals surface area contributed by atoms with E-state index in [2.05, 4.69) is 10.3 Å². The number of aliphatic carboxylic acids is 1. The molecule has 0 radical (unpaired) electrons. The Morgan fingerprint density at radius 1 is 1.57 bits per heavy atom. The molecule has 1 saturated heterocycles. The lowest BCUT2D eigenvalue weighted by Gasteiger charge is -2.34. The van der Waals surface area contributed by atoms with Gasteiger partial charge in [-0.25, -0.2) is 4.79 Å². The molecule has 7 heteroatoms. The van der Waals surface area contributed by atoms with Crippen LogP contribution in [0.3, 0.4) is 0 Å². The highest BCUT2D eigenvalue weighted by Gasteiger charge is 2.28. The van der Waals surface area contributed by atoms with Crippen LogP contribution in [0.5, 0.6) is 0 Å². The third-order valence-corrected chi connectivity index (χ3v) is 4.57. The van der Waals surface area contributed by atoms with Gasteiger partial charge >= 0.3 is 12.0 Å². The number of carbonyl (C=O) groups excluding carboxylic acids is 1. The lowest BCUT2D eigenvalue weighted by atomic mass is 10.1. The quantitative estimate of drug-likeness (QED) is 0.880. The van der Waals surface area contributed by atoms with Crippen molar-refractivity contribution in [3.8, 4) is 0 Å². The van der Waals surface area contributed by atoms with E-state index in [9.17, 15) is 9.59 Å². The molecule has 2 amide bonds. The maximum atomic E-state index is 12.3. The summed E-state index contributed by atoms with van der Waals surface area (Å²) in [5, 5.41) is 11.8. The molecule has 1 aromatic heterocycles. The van der Waals surface area contributed by atoms with Crippen molar-refractivity contribution >= 4 is 23.8 Å². The molecule has 0 saturated carbocycles. The molecule has 1 aromatic rings. The monoisotopic (exact) mass is 309 g/mol. The topological polar surface area (TPSA) is 82.5 Å². The van der Waals surface area contributed by atoms with E-state index in [0.717, 1.165) is 16.9 Å². The Morgan fingerprint density at radius 3 is 3.10 bits per heavy atom. The minimum atomic E-state index is -0.872. The van der Waals surface area contributed by atoms with E-state index in [1.54, 1.807) is 29.1 Å². The Kier molecular flexibility index (Phi) is 5.44. The van der Waals surface area contributed by atoms with E-state index in [1.165, 1.54) is 0 Å². The van der Waals surface area contributed by atoms with Crippen LogP contribution in [0.4, 0.5) is 4.79 Å². The maximum Gasteiger partial charge on any atom is 0.317 e. The van der Waals surface area contributed by atoms with Crippen molar-refractivity contribution in [3.63, 3.8) is 0 Å². The smallest absolute Gasteiger partial charge is 0.317 e. The van der Waals surface area contributed by atoms with Gasteiger partial charge in [0.05, 0.1) is 12.5 Å². The summed E-state index contributed by atoms with van der Waals surface area (Å²) >= 11 is 1.69. The molecule has 0 spiro atoms. The number of aromatic nitrogens is 1. The van der Waals surface area contributed by atoms with Gasteiger partial charge in [0.1, 0.15) is 0 Å². The molecule has 1 atom stereocenters. The molecule has 1 fully saturated rings. The van der Waals surface area contributed by atoms with Crippen molar-refractivity contribution in [3.05, 3.63) is 29.6 Å². The number of amides is 2. The number of urea groups is 1. The number of hydrogen-bond acceptors (Lipinski definition) is 4. The minimum absolute atomic E-state index is 0.00760. The molecular weight excluding hydrogens is 290 g/mol. The highest BCUT2D eigenvalue weighted by molar-refractivity contribution is 7.99. The van der Waals surface area contributed by atoms with Crippen LogP contribution in [-0.2, 0) is 11.3 Å². The SMILES string of the molecule is Cc1ccncc1CNC(=O)N1CCSCC1CC(=O)O. The van der Waals surface area contributed by atoms with Gasteiger partial charge < -0.3 is 15.3 Å². The average Bonchev–Trinajstić information content (AvgIpc) is 2.46. The van der Waals surface area contributed by atoms with Crippen LogP contribution < -0.4 is 5.32 Å². The molecule has 0 bridgehead atoms. The first kappa shape index (κ1) is 15.6. The summed E-state index contributed by atoms with van der Waals surface area (Å²) in [4.78, 5) is 28.8. The van der Waals surface area contributed by atoms with E-state index in [4.69, 9.17) is 5.11 Å². The predicted octanol–water partition coefficient (Wildman–Crippen LogP) is 1.49. The number of nitrogens with one attached hydrogen (secondary N) is 1. The standard InChI is InChI=1S/C14H19N3O3S/c1-10-2-3-15-7-11(10)8-16-14(20)17-4-5-21-9-12(17)6-13(18)19/h2-3,7,12H,4-6,8-9H2,1H3,(H,16,20)(H,18,19). The molecule has 6 nitrogen and oxygen atoms in total. The summed E-state index contributed by atoms with van der Waals surface area (Å²) in [6, 6.07) is 1.45. The number of carboxylic acids is 1. The van der Waals surface area contributed by atoms with Crippen LogP contribution in [0.2, 0.25) is 0 Å². The van der Waals surface area contributed by atoms with Gasteiger partial charge in [-0.15, -0.1) is 0 Å². The summed E-state index contributed by atoms with van der Waals surface area (Å²) in [6.07, 6.45) is 3.44. The van der Waals surface area contributed by atoms with Crippen LogP contribution in [-0.4, -0.2) is 51.1 Å². The third-order valence-electron chi connectivity index (χ3n) is 3.48. The first-order valence-corrected chi connectivity index (χ1v) is 7.97. The molecule has 114 valence electrons. The lowest BCUT2D eigenvalue weighted by molar-refractivity contribution is -0.137. The second-order valence-electron chi connectivity index (χ2n) is 4.98. The summed E-state index contributed by atoms with van der Waals surface area (Å²) in [5.74, 6) is 0.643. The summed E-state index contributed by atoms with van der Waals surface area (Å²) in [6.45, 7) is 2.95. The number of nitrogens with zero attached hydrogens (tertiary/aromatic N) is 2. The van der Waals surface area contributed by atoms with Crippen molar-refractivity contribution in [1.82, 2.24) is 15.2 Å². The lowest BCUT2D eigenvalue weighted by Crippen LogP contribution is -2.51. The number of pyridine rings is 1. The number of thioether (sulfide) groups is 1. The van der Waals surface area contributed by atoms with E-state index in [1.807, 2.05) is 13.0 Å². The fourth-order valence-electron chi connectivity index (χ4n) is 2.25. The molecular formula is C14H19N3O3S. The number of aryl methyl sites for hydroxylation is 1. The summed E-state index contributed by atoms with van der Waals surface area (Å²) in [5.41, 5.74) is 2.04. The van der Waals surface area contributed by atoms with Gasteiger partial charge in [-0.05, 0) is 24.1 Å². The van der Waals surface area contributed by atoms with Crippen LogP contribution >= 0.6 is 11.8 Å². The van der Waals surface area contributed by atoms with Crippen LogP contribution in [0, 0.1) is 6.92 Å².